The van der Waals surface area contributed by atoms with Crippen molar-refractivity contribution in [2.75, 3.05) is 31.1 Å². The topological polar surface area (TPSA) is 71.5 Å². The van der Waals surface area contributed by atoms with E-state index in [1.54, 1.807) is 0 Å². The number of benzene rings is 1. The maximum absolute atomic E-state index is 12.8. The molecule has 1 fully saturated rings. The monoisotopic (exact) mass is 411 g/mol. The molecule has 1 saturated heterocycles. The van der Waals surface area contributed by atoms with Crippen LogP contribution in [0, 0.1) is 13.8 Å². The number of anilines is 1. The number of ether oxygens (including phenoxy) is 1. The van der Waals surface area contributed by atoms with Gasteiger partial charge in [-0.25, -0.2) is 15.0 Å². The second-order valence-electron chi connectivity index (χ2n) is 7.47. The molecule has 29 heavy (non-hydrogen) atoms. The summed E-state index contributed by atoms with van der Waals surface area (Å²) in [6, 6.07) is 6.16. The maximum atomic E-state index is 12.8. The molecule has 3 aromatic rings. The van der Waals surface area contributed by atoms with Crippen LogP contribution in [0.25, 0.3) is 10.9 Å². The molecule has 1 amide bonds. The molecule has 0 N–H and O–H groups in total. The highest BCUT2D eigenvalue weighted by Crippen LogP contribution is 2.28. The molecule has 152 valence electrons. The number of nitrogens with zero attached hydrogens (tertiary/aromatic N) is 5. The smallest absolute Gasteiger partial charge is 0.265 e. The molecule has 0 aliphatic carbocycles. The summed E-state index contributed by atoms with van der Waals surface area (Å²) in [4.78, 5) is 30.9. The van der Waals surface area contributed by atoms with E-state index in [1.165, 1.54) is 17.7 Å². The molecule has 0 radical (unpaired) electrons. The Bertz CT molecular complexity index is 1040. The lowest BCUT2D eigenvalue weighted by atomic mass is 10.1. The van der Waals surface area contributed by atoms with E-state index in [0.29, 0.717) is 19.0 Å². The van der Waals surface area contributed by atoms with Crippen molar-refractivity contribution in [1.29, 1.82) is 0 Å². The van der Waals surface area contributed by atoms with Crippen molar-refractivity contribution < 1.29 is 9.53 Å². The van der Waals surface area contributed by atoms with Crippen molar-refractivity contribution in [2.45, 2.75) is 33.8 Å². The molecule has 0 spiro atoms. The Hall–Kier alpha value is -2.74. The van der Waals surface area contributed by atoms with Gasteiger partial charge < -0.3 is 14.5 Å². The van der Waals surface area contributed by atoms with Crippen LogP contribution in [-0.2, 0) is 0 Å². The molecule has 1 aliphatic rings. The predicted molar refractivity (Wildman–Crippen MR) is 115 cm³/mol. The Kier molecular flexibility index (Phi) is 5.36. The predicted octanol–water partition coefficient (Wildman–Crippen LogP) is 3.45. The van der Waals surface area contributed by atoms with Crippen LogP contribution in [0.1, 0.15) is 34.2 Å². The average molecular weight is 412 g/mol. The normalized spacial score (nSPS) is 14.7. The van der Waals surface area contributed by atoms with Crippen LogP contribution in [0.2, 0.25) is 0 Å². The summed E-state index contributed by atoms with van der Waals surface area (Å²) in [5.41, 5.74) is 2.79. The number of amides is 1. The summed E-state index contributed by atoms with van der Waals surface area (Å²) < 4.78 is 5.85. The third-order valence-electron chi connectivity index (χ3n) is 4.96. The third kappa shape index (κ3) is 4.03. The minimum absolute atomic E-state index is 0.0464. The molecule has 0 saturated carbocycles. The van der Waals surface area contributed by atoms with Gasteiger partial charge in [-0.3, -0.25) is 4.79 Å². The van der Waals surface area contributed by atoms with E-state index in [1.807, 2.05) is 38.7 Å². The Labute approximate surface area is 174 Å². The first-order valence-electron chi connectivity index (χ1n) is 9.82. The highest BCUT2D eigenvalue weighted by molar-refractivity contribution is 7.13. The lowest BCUT2D eigenvalue weighted by molar-refractivity contribution is 0.0750. The summed E-state index contributed by atoms with van der Waals surface area (Å²) >= 11 is 1.48. The van der Waals surface area contributed by atoms with Gasteiger partial charge in [0.05, 0.1) is 27.7 Å². The number of hydrogen-bond donors (Lipinski definition) is 0. The third-order valence-corrected chi connectivity index (χ3v) is 6.02. The van der Waals surface area contributed by atoms with Gasteiger partial charge in [-0.15, -0.1) is 11.3 Å². The Morgan fingerprint density at radius 3 is 2.55 bits per heavy atom. The molecule has 7 nitrogen and oxygen atoms in total. The van der Waals surface area contributed by atoms with Gasteiger partial charge >= 0.3 is 0 Å². The van der Waals surface area contributed by atoms with Crippen LogP contribution < -0.4 is 9.64 Å². The number of carbonyl (C=O) groups is 1. The standard InChI is InChI=1S/C21H25N5O2S/c1-13(2)28-20-17-11-16(5-6-18(17)22-12-23-20)25-7-9-26(10-8-25)21(27)19-14(3)24-15(4)29-19/h5-6,11-13H,7-10H2,1-4H3. The van der Waals surface area contributed by atoms with E-state index in [2.05, 4.69) is 32.0 Å². The lowest BCUT2D eigenvalue weighted by Crippen LogP contribution is -2.48. The quantitative estimate of drug-likeness (QED) is 0.655. The van der Waals surface area contributed by atoms with E-state index in [9.17, 15) is 4.79 Å². The van der Waals surface area contributed by atoms with E-state index in [4.69, 9.17) is 4.74 Å². The van der Waals surface area contributed by atoms with Crippen molar-refractivity contribution in [3.8, 4) is 5.88 Å². The molecular formula is C21H25N5O2S. The Morgan fingerprint density at radius 1 is 1.14 bits per heavy atom. The van der Waals surface area contributed by atoms with E-state index in [0.717, 1.165) is 45.3 Å². The molecule has 1 aromatic carbocycles. The fourth-order valence-corrected chi connectivity index (χ4v) is 4.46. The van der Waals surface area contributed by atoms with Crippen molar-refractivity contribution in [2.24, 2.45) is 0 Å². The van der Waals surface area contributed by atoms with E-state index in [-0.39, 0.29) is 12.0 Å². The molecule has 1 aliphatic heterocycles. The van der Waals surface area contributed by atoms with Gasteiger partial charge in [0, 0.05) is 31.9 Å². The van der Waals surface area contributed by atoms with Crippen LogP contribution in [-0.4, -0.2) is 58.0 Å². The van der Waals surface area contributed by atoms with Gasteiger partial charge in [0.2, 0.25) is 5.88 Å². The van der Waals surface area contributed by atoms with Gasteiger partial charge in [-0.1, -0.05) is 0 Å². The summed E-state index contributed by atoms with van der Waals surface area (Å²) in [5, 5.41) is 1.84. The van der Waals surface area contributed by atoms with Gasteiger partial charge in [0.15, 0.2) is 0 Å². The molecule has 3 heterocycles. The molecule has 8 heteroatoms. The maximum Gasteiger partial charge on any atom is 0.265 e. The van der Waals surface area contributed by atoms with Gasteiger partial charge in [-0.05, 0) is 45.9 Å². The van der Waals surface area contributed by atoms with Crippen LogP contribution in [0.15, 0.2) is 24.5 Å². The average Bonchev–Trinajstić information content (AvgIpc) is 3.05. The Morgan fingerprint density at radius 2 is 1.90 bits per heavy atom. The minimum Gasteiger partial charge on any atom is -0.474 e. The zero-order valence-electron chi connectivity index (χ0n) is 17.2. The van der Waals surface area contributed by atoms with Gasteiger partial charge in [0.25, 0.3) is 5.91 Å². The number of aromatic nitrogens is 3. The molecule has 0 atom stereocenters. The fraction of sp³-hybridized carbons (Fsp3) is 0.429. The van der Waals surface area contributed by atoms with Gasteiger partial charge in [0.1, 0.15) is 11.2 Å². The second-order valence-corrected chi connectivity index (χ2v) is 8.68. The molecule has 0 unspecified atom stereocenters. The first kappa shape index (κ1) is 19.6. The van der Waals surface area contributed by atoms with Crippen LogP contribution in [0.3, 0.4) is 0 Å². The zero-order valence-corrected chi connectivity index (χ0v) is 18.0. The number of aryl methyl sites for hydroxylation is 2. The van der Waals surface area contributed by atoms with Crippen molar-refractivity contribution >= 4 is 33.8 Å². The summed E-state index contributed by atoms with van der Waals surface area (Å²) in [6.45, 7) is 10.8. The number of rotatable bonds is 4. The highest BCUT2D eigenvalue weighted by atomic mass is 32.1. The highest BCUT2D eigenvalue weighted by Gasteiger charge is 2.25. The number of piperazine rings is 1. The molecule has 0 bridgehead atoms. The second kappa shape index (κ2) is 7.94. The SMILES string of the molecule is Cc1nc(C)c(C(=O)N2CCN(c3ccc4ncnc(OC(C)C)c4c3)CC2)s1. The number of hydrogen-bond acceptors (Lipinski definition) is 7. The lowest BCUT2D eigenvalue weighted by Gasteiger charge is -2.36. The first-order chi connectivity index (χ1) is 13.9. The number of fused-ring (bicyclic) bond motifs is 1. The van der Waals surface area contributed by atoms with Crippen molar-refractivity contribution in [3.05, 3.63) is 40.1 Å². The molecular weight excluding hydrogens is 386 g/mol. The fourth-order valence-electron chi connectivity index (χ4n) is 3.58. The summed E-state index contributed by atoms with van der Waals surface area (Å²) in [6.07, 6.45) is 1.58. The molecule has 2 aromatic heterocycles. The van der Waals surface area contributed by atoms with Crippen LogP contribution in [0.4, 0.5) is 5.69 Å². The first-order valence-corrected chi connectivity index (χ1v) is 10.6. The van der Waals surface area contributed by atoms with Crippen LogP contribution >= 0.6 is 11.3 Å². The van der Waals surface area contributed by atoms with Crippen molar-refractivity contribution in [3.63, 3.8) is 0 Å². The van der Waals surface area contributed by atoms with E-state index < -0.39 is 0 Å². The van der Waals surface area contributed by atoms with Crippen molar-refractivity contribution in [1.82, 2.24) is 19.9 Å². The van der Waals surface area contributed by atoms with E-state index >= 15 is 0 Å². The number of thiazole rings is 1. The molecule has 4 rings (SSSR count). The Balaban J connectivity index is 1.50. The largest absolute Gasteiger partial charge is 0.474 e. The minimum atomic E-state index is 0.0464. The number of carbonyl (C=O) groups excluding carboxylic acids is 1. The zero-order chi connectivity index (χ0) is 20.5. The summed E-state index contributed by atoms with van der Waals surface area (Å²) in [7, 11) is 0. The van der Waals surface area contributed by atoms with Crippen LogP contribution in [0.5, 0.6) is 5.88 Å². The van der Waals surface area contributed by atoms with Gasteiger partial charge in [-0.2, -0.15) is 0 Å². The summed E-state index contributed by atoms with van der Waals surface area (Å²) in [5.74, 6) is 0.698.